The van der Waals surface area contributed by atoms with E-state index in [4.69, 9.17) is 4.74 Å². The Kier molecular flexibility index (Phi) is 4.00. The third kappa shape index (κ3) is 2.77. The van der Waals surface area contributed by atoms with Crippen LogP contribution in [-0.4, -0.2) is 59.3 Å². The highest BCUT2D eigenvalue weighted by Crippen LogP contribution is 2.38. The number of carboxylic acids is 1. The summed E-state index contributed by atoms with van der Waals surface area (Å²) >= 11 is 1.94. The molecule has 0 amide bonds. The lowest BCUT2D eigenvalue weighted by atomic mass is 9.80. The van der Waals surface area contributed by atoms with Gasteiger partial charge in [0.1, 0.15) is 6.04 Å². The molecule has 2 heterocycles. The second kappa shape index (κ2) is 5.16. The van der Waals surface area contributed by atoms with Crippen LogP contribution in [0, 0.1) is 5.41 Å². The molecule has 2 aliphatic rings. The molecule has 0 aromatic carbocycles. The van der Waals surface area contributed by atoms with E-state index in [2.05, 4.69) is 18.7 Å². The average Bonchev–Trinajstić information content (AvgIpc) is 2.28. The fraction of sp³-hybridized carbons (Fsp3) is 0.917. The fourth-order valence-electron chi connectivity index (χ4n) is 2.67. The first-order valence-electron chi connectivity index (χ1n) is 6.16. The van der Waals surface area contributed by atoms with E-state index in [1.807, 2.05) is 11.8 Å². The SMILES string of the molecule is CC1(C)CCSCC1N1CCOCC1C(=O)O. The zero-order valence-corrected chi connectivity index (χ0v) is 11.3. The third-order valence-corrected chi connectivity index (χ3v) is 4.97. The molecule has 98 valence electrons. The van der Waals surface area contributed by atoms with Gasteiger partial charge in [0.2, 0.25) is 0 Å². The van der Waals surface area contributed by atoms with E-state index in [0.717, 1.165) is 18.7 Å². The number of carboxylic acid groups (broad SMARTS) is 1. The maximum Gasteiger partial charge on any atom is 0.323 e. The first-order chi connectivity index (χ1) is 8.02. The van der Waals surface area contributed by atoms with Gasteiger partial charge in [0.15, 0.2) is 0 Å². The van der Waals surface area contributed by atoms with Crippen molar-refractivity contribution in [1.29, 1.82) is 0 Å². The molecule has 2 rings (SSSR count). The lowest BCUT2D eigenvalue weighted by molar-refractivity contribution is -0.153. The van der Waals surface area contributed by atoms with Gasteiger partial charge in [0.25, 0.3) is 0 Å². The molecule has 0 bridgehead atoms. The van der Waals surface area contributed by atoms with E-state index < -0.39 is 12.0 Å². The lowest BCUT2D eigenvalue weighted by Gasteiger charge is -2.48. The van der Waals surface area contributed by atoms with Crippen LogP contribution >= 0.6 is 11.8 Å². The van der Waals surface area contributed by atoms with E-state index in [1.165, 1.54) is 5.75 Å². The summed E-state index contributed by atoms with van der Waals surface area (Å²) in [6, 6.07) is -0.113. The van der Waals surface area contributed by atoms with Crippen molar-refractivity contribution >= 4 is 17.7 Å². The summed E-state index contributed by atoms with van der Waals surface area (Å²) < 4.78 is 5.30. The molecule has 0 saturated carbocycles. The largest absolute Gasteiger partial charge is 0.480 e. The van der Waals surface area contributed by atoms with Crippen LogP contribution in [0.15, 0.2) is 0 Å². The summed E-state index contributed by atoms with van der Waals surface area (Å²) in [6.07, 6.45) is 1.16. The number of nitrogens with zero attached hydrogens (tertiary/aromatic N) is 1. The van der Waals surface area contributed by atoms with Gasteiger partial charge in [0, 0.05) is 18.3 Å². The minimum absolute atomic E-state index is 0.205. The Morgan fingerprint density at radius 2 is 2.29 bits per heavy atom. The van der Waals surface area contributed by atoms with E-state index in [1.54, 1.807) is 0 Å². The van der Waals surface area contributed by atoms with E-state index in [9.17, 15) is 9.90 Å². The van der Waals surface area contributed by atoms with Crippen molar-refractivity contribution in [2.45, 2.75) is 32.4 Å². The van der Waals surface area contributed by atoms with E-state index in [-0.39, 0.29) is 5.41 Å². The standard InChI is InChI=1S/C12H21NO3S/c1-12(2)3-6-17-8-10(12)13-4-5-16-7-9(13)11(14)15/h9-10H,3-8H2,1-2H3,(H,14,15). The van der Waals surface area contributed by atoms with Gasteiger partial charge in [-0.25, -0.2) is 0 Å². The molecule has 17 heavy (non-hydrogen) atoms. The van der Waals surface area contributed by atoms with Gasteiger partial charge in [-0.1, -0.05) is 13.8 Å². The minimum atomic E-state index is -0.754. The van der Waals surface area contributed by atoms with Crippen molar-refractivity contribution in [2.75, 3.05) is 31.3 Å². The summed E-state index contributed by atoms with van der Waals surface area (Å²) in [4.78, 5) is 13.4. The second-order valence-corrected chi connectivity index (χ2v) is 6.65. The van der Waals surface area contributed by atoms with Gasteiger partial charge in [-0.05, 0) is 17.6 Å². The van der Waals surface area contributed by atoms with E-state index in [0.29, 0.717) is 19.3 Å². The Hall–Kier alpha value is -0.260. The van der Waals surface area contributed by atoms with Gasteiger partial charge >= 0.3 is 5.97 Å². The lowest BCUT2D eigenvalue weighted by Crippen LogP contribution is -2.60. The molecule has 2 aliphatic heterocycles. The molecule has 2 saturated heterocycles. The molecule has 0 aliphatic carbocycles. The normalized spacial score (nSPS) is 34.5. The van der Waals surface area contributed by atoms with Crippen LogP contribution in [0.1, 0.15) is 20.3 Å². The number of morpholine rings is 1. The molecule has 4 nitrogen and oxygen atoms in total. The Balaban J connectivity index is 2.14. The quantitative estimate of drug-likeness (QED) is 0.810. The predicted octanol–water partition coefficient (Wildman–Crippen LogP) is 1.30. The first-order valence-corrected chi connectivity index (χ1v) is 7.32. The monoisotopic (exact) mass is 259 g/mol. The molecule has 0 radical (unpaired) electrons. The van der Waals surface area contributed by atoms with Crippen LogP contribution in [0.3, 0.4) is 0 Å². The molecule has 0 aromatic heterocycles. The molecule has 0 aromatic rings. The van der Waals surface area contributed by atoms with Crippen molar-refractivity contribution in [3.05, 3.63) is 0 Å². The summed E-state index contributed by atoms with van der Waals surface area (Å²) in [6.45, 7) is 6.23. The molecule has 2 atom stereocenters. The van der Waals surface area contributed by atoms with E-state index >= 15 is 0 Å². The summed E-state index contributed by atoms with van der Waals surface area (Å²) in [5.41, 5.74) is 0.205. The molecule has 5 heteroatoms. The number of hydrogen-bond acceptors (Lipinski definition) is 4. The highest BCUT2D eigenvalue weighted by atomic mass is 32.2. The van der Waals surface area contributed by atoms with Crippen molar-refractivity contribution in [3.8, 4) is 0 Å². The number of carbonyl (C=O) groups is 1. The molecular formula is C12H21NO3S. The summed E-state index contributed by atoms with van der Waals surface area (Å²) in [5.74, 6) is 1.47. The number of thioether (sulfide) groups is 1. The fourth-order valence-corrected chi connectivity index (χ4v) is 4.37. The Labute approximate surface area is 107 Å². The molecular weight excluding hydrogens is 238 g/mol. The van der Waals surface area contributed by atoms with Crippen LogP contribution in [0.25, 0.3) is 0 Å². The molecule has 2 unspecified atom stereocenters. The minimum Gasteiger partial charge on any atom is -0.480 e. The van der Waals surface area contributed by atoms with Crippen molar-refractivity contribution in [2.24, 2.45) is 5.41 Å². The van der Waals surface area contributed by atoms with Crippen LogP contribution in [-0.2, 0) is 9.53 Å². The number of rotatable bonds is 2. The first kappa shape index (κ1) is 13.2. The third-order valence-electron chi connectivity index (χ3n) is 3.92. The molecule has 2 fully saturated rings. The van der Waals surface area contributed by atoms with Crippen LogP contribution in [0.5, 0.6) is 0 Å². The second-order valence-electron chi connectivity index (χ2n) is 5.50. The maximum absolute atomic E-state index is 11.3. The Morgan fingerprint density at radius 1 is 1.53 bits per heavy atom. The van der Waals surface area contributed by atoms with Gasteiger partial charge in [-0.2, -0.15) is 11.8 Å². The number of ether oxygens (including phenoxy) is 1. The molecule has 1 N–H and O–H groups in total. The Bertz CT molecular complexity index is 295. The highest BCUT2D eigenvalue weighted by molar-refractivity contribution is 7.99. The van der Waals surface area contributed by atoms with Gasteiger partial charge in [-0.15, -0.1) is 0 Å². The average molecular weight is 259 g/mol. The van der Waals surface area contributed by atoms with Gasteiger partial charge in [-0.3, -0.25) is 9.69 Å². The maximum atomic E-state index is 11.3. The van der Waals surface area contributed by atoms with Crippen LogP contribution in [0.2, 0.25) is 0 Å². The van der Waals surface area contributed by atoms with Crippen LogP contribution < -0.4 is 0 Å². The van der Waals surface area contributed by atoms with Crippen molar-refractivity contribution < 1.29 is 14.6 Å². The zero-order valence-electron chi connectivity index (χ0n) is 10.5. The summed E-state index contributed by atoms with van der Waals surface area (Å²) in [7, 11) is 0. The van der Waals surface area contributed by atoms with Crippen molar-refractivity contribution in [1.82, 2.24) is 4.90 Å². The molecule has 0 spiro atoms. The predicted molar refractivity (Wildman–Crippen MR) is 68.5 cm³/mol. The smallest absolute Gasteiger partial charge is 0.323 e. The topological polar surface area (TPSA) is 49.8 Å². The summed E-state index contributed by atoms with van der Waals surface area (Å²) in [5, 5.41) is 9.28. The zero-order chi connectivity index (χ0) is 12.5. The highest BCUT2D eigenvalue weighted by Gasteiger charge is 2.42. The van der Waals surface area contributed by atoms with Crippen molar-refractivity contribution in [3.63, 3.8) is 0 Å². The van der Waals surface area contributed by atoms with Crippen LogP contribution in [0.4, 0.5) is 0 Å². The van der Waals surface area contributed by atoms with Gasteiger partial charge < -0.3 is 9.84 Å². The Morgan fingerprint density at radius 3 is 2.94 bits per heavy atom. The van der Waals surface area contributed by atoms with Gasteiger partial charge in [0.05, 0.1) is 13.2 Å². The number of aliphatic carboxylic acids is 1. The number of hydrogen-bond donors (Lipinski definition) is 1.